The molecule has 2 atom stereocenters. The molecule has 174 valence electrons. The van der Waals surface area contributed by atoms with Gasteiger partial charge < -0.3 is 10.2 Å². The van der Waals surface area contributed by atoms with Gasteiger partial charge in [-0.1, -0.05) is 95.8 Å². The molecule has 0 heterocycles. The number of unbranched alkanes of at least 4 members (excludes halogenated alkanes) is 10. The highest BCUT2D eigenvalue weighted by Gasteiger charge is 2.27. The second-order valence-corrected chi connectivity index (χ2v) is 9.73. The average Bonchev–Trinajstić information content (AvgIpc) is 2.75. The van der Waals surface area contributed by atoms with Gasteiger partial charge in [0.05, 0.1) is 11.0 Å². The standard InChI is InChI=1S/C24H42O5S/c1-2-3-4-5-6-7-8-9-10-11-15-19-23(26)24(20-16-21-25)29-30(27,28)22-17-13-12-14-18-22/h12-14,17-18,23-26H,2-11,15-16,19-21H2,1H3. The van der Waals surface area contributed by atoms with E-state index in [4.69, 9.17) is 9.29 Å². The molecule has 1 aromatic carbocycles. The Bertz CT molecular complexity index is 618. The van der Waals surface area contributed by atoms with Crippen LogP contribution >= 0.6 is 0 Å². The van der Waals surface area contributed by atoms with E-state index >= 15 is 0 Å². The van der Waals surface area contributed by atoms with Crippen LogP contribution in [0.2, 0.25) is 0 Å². The lowest BCUT2D eigenvalue weighted by molar-refractivity contribution is 0.0247. The fourth-order valence-electron chi connectivity index (χ4n) is 3.61. The van der Waals surface area contributed by atoms with E-state index in [1.807, 2.05) is 0 Å². The SMILES string of the molecule is CCCCCCCCCCCCCC(O)C(CCCO)OS(=O)(=O)c1ccccc1. The molecule has 0 fully saturated rings. The highest BCUT2D eigenvalue weighted by Crippen LogP contribution is 2.21. The van der Waals surface area contributed by atoms with Crippen LogP contribution in [0.3, 0.4) is 0 Å². The van der Waals surface area contributed by atoms with Crippen LogP contribution in [-0.4, -0.2) is 37.4 Å². The number of rotatable bonds is 19. The zero-order valence-corrected chi connectivity index (χ0v) is 19.5. The summed E-state index contributed by atoms with van der Waals surface area (Å²) in [5.74, 6) is 0. The third kappa shape index (κ3) is 12.0. The summed E-state index contributed by atoms with van der Waals surface area (Å²) in [6.07, 6.45) is 13.0. The fourth-order valence-corrected chi connectivity index (χ4v) is 4.76. The fraction of sp³-hybridized carbons (Fsp3) is 0.750. The summed E-state index contributed by atoms with van der Waals surface area (Å²) in [4.78, 5) is 0.0842. The lowest BCUT2D eigenvalue weighted by Gasteiger charge is -2.22. The zero-order valence-electron chi connectivity index (χ0n) is 18.7. The Hall–Kier alpha value is -0.950. The Morgan fingerprint density at radius 3 is 1.87 bits per heavy atom. The van der Waals surface area contributed by atoms with E-state index in [2.05, 4.69) is 6.92 Å². The molecule has 0 aliphatic rings. The summed E-state index contributed by atoms with van der Waals surface area (Å²) >= 11 is 0. The number of aliphatic hydroxyl groups is 2. The molecule has 1 rings (SSSR count). The second-order valence-electron chi connectivity index (χ2n) is 8.16. The normalized spacial score (nSPS) is 14.0. The number of benzene rings is 1. The van der Waals surface area contributed by atoms with Crippen LogP contribution in [-0.2, 0) is 14.3 Å². The molecule has 2 unspecified atom stereocenters. The number of hydrogen-bond acceptors (Lipinski definition) is 5. The van der Waals surface area contributed by atoms with E-state index in [-0.39, 0.29) is 11.5 Å². The Balaban J connectivity index is 2.30. The summed E-state index contributed by atoms with van der Waals surface area (Å²) in [6.45, 7) is 2.18. The molecule has 30 heavy (non-hydrogen) atoms. The molecular weight excluding hydrogens is 400 g/mol. The molecule has 0 radical (unpaired) electrons. The Kier molecular flexibility index (Phi) is 15.1. The third-order valence-corrected chi connectivity index (χ3v) is 6.81. The lowest BCUT2D eigenvalue weighted by Crippen LogP contribution is -2.31. The van der Waals surface area contributed by atoms with E-state index < -0.39 is 22.3 Å². The van der Waals surface area contributed by atoms with Gasteiger partial charge in [-0.25, -0.2) is 0 Å². The largest absolute Gasteiger partial charge is 0.396 e. The number of hydrogen-bond donors (Lipinski definition) is 2. The van der Waals surface area contributed by atoms with Crippen LogP contribution in [0.15, 0.2) is 35.2 Å². The van der Waals surface area contributed by atoms with Gasteiger partial charge in [0.2, 0.25) is 0 Å². The smallest absolute Gasteiger partial charge is 0.297 e. The van der Waals surface area contributed by atoms with Gasteiger partial charge in [0.15, 0.2) is 0 Å². The molecule has 0 spiro atoms. The van der Waals surface area contributed by atoms with Crippen molar-refractivity contribution in [2.24, 2.45) is 0 Å². The maximum atomic E-state index is 12.5. The molecule has 6 heteroatoms. The molecule has 0 aliphatic carbocycles. The maximum Gasteiger partial charge on any atom is 0.297 e. The molecule has 0 amide bonds. The van der Waals surface area contributed by atoms with Gasteiger partial charge in [-0.05, 0) is 31.4 Å². The van der Waals surface area contributed by atoms with Crippen molar-refractivity contribution < 1.29 is 22.8 Å². The minimum atomic E-state index is -3.93. The highest BCUT2D eigenvalue weighted by molar-refractivity contribution is 7.86. The molecule has 2 N–H and O–H groups in total. The molecule has 5 nitrogen and oxygen atoms in total. The van der Waals surface area contributed by atoms with E-state index in [9.17, 15) is 13.5 Å². The van der Waals surface area contributed by atoms with E-state index in [1.54, 1.807) is 18.2 Å². The Labute approximate surface area is 184 Å². The first kappa shape index (κ1) is 27.1. The first-order valence-corrected chi connectivity index (χ1v) is 13.2. The van der Waals surface area contributed by atoms with Crippen molar-refractivity contribution in [2.75, 3.05) is 6.61 Å². The molecule has 0 saturated carbocycles. The van der Waals surface area contributed by atoms with Gasteiger partial charge in [-0.2, -0.15) is 8.42 Å². The summed E-state index contributed by atoms with van der Waals surface area (Å²) in [5.41, 5.74) is 0. The van der Waals surface area contributed by atoms with Crippen molar-refractivity contribution in [2.45, 2.75) is 114 Å². The van der Waals surface area contributed by atoms with Crippen molar-refractivity contribution >= 4 is 10.1 Å². The Morgan fingerprint density at radius 2 is 1.33 bits per heavy atom. The quantitative estimate of drug-likeness (QED) is 0.215. The average molecular weight is 443 g/mol. The van der Waals surface area contributed by atoms with Crippen molar-refractivity contribution in [1.29, 1.82) is 0 Å². The molecule has 0 bridgehead atoms. The van der Waals surface area contributed by atoms with E-state index in [1.165, 1.54) is 63.5 Å². The summed E-state index contributed by atoms with van der Waals surface area (Å²) < 4.78 is 30.3. The molecule has 1 aromatic rings. The maximum absolute atomic E-state index is 12.5. The van der Waals surface area contributed by atoms with Crippen LogP contribution in [0.25, 0.3) is 0 Å². The first-order chi connectivity index (χ1) is 14.5. The number of aliphatic hydroxyl groups excluding tert-OH is 2. The van der Waals surface area contributed by atoms with Gasteiger partial charge in [-0.3, -0.25) is 4.18 Å². The van der Waals surface area contributed by atoms with Crippen molar-refractivity contribution in [3.63, 3.8) is 0 Å². The Morgan fingerprint density at radius 1 is 0.800 bits per heavy atom. The minimum Gasteiger partial charge on any atom is -0.396 e. The van der Waals surface area contributed by atoms with Crippen molar-refractivity contribution in [3.8, 4) is 0 Å². The minimum absolute atomic E-state index is 0.0591. The van der Waals surface area contributed by atoms with E-state index in [0.717, 1.165) is 19.3 Å². The third-order valence-electron chi connectivity index (χ3n) is 5.46. The van der Waals surface area contributed by atoms with Gasteiger partial charge in [-0.15, -0.1) is 0 Å². The van der Waals surface area contributed by atoms with Crippen LogP contribution in [0.4, 0.5) is 0 Å². The van der Waals surface area contributed by atoms with Gasteiger partial charge in [0.1, 0.15) is 6.10 Å². The molecule has 0 aliphatic heterocycles. The predicted molar refractivity (Wildman–Crippen MR) is 122 cm³/mol. The van der Waals surface area contributed by atoms with Crippen LogP contribution < -0.4 is 0 Å². The van der Waals surface area contributed by atoms with Crippen LogP contribution in [0.1, 0.15) is 96.8 Å². The predicted octanol–water partition coefficient (Wildman–Crippen LogP) is 5.60. The summed E-state index contributed by atoms with van der Waals surface area (Å²) in [7, 11) is -3.93. The van der Waals surface area contributed by atoms with Gasteiger partial charge >= 0.3 is 0 Å². The van der Waals surface area contributed by atoms with Gasteiger partial charge in [0, 0.05) is 6.61 Å². The first-order valence-electron chi connectivity index (χ1n) is 11.8. The summed E-state index contributed by atoms with van der Waals surface area (Å²) in [6, 6.07) is 7.98. The molecule has 0 aromatic heterocycles. The topological polar surface area (TPSA) is 83.8 Å². The highest BCUT2D eigenvalue weighted by atomic mass is 32.2. The summed E-state index contributed by atoms with van der Waals surface area (Å²) in [5, 5.41) is 19.6. The van der Waals surface area contributed by atoms with Crippen molar-refractivity contribution in [1.82, 2.24) is 0 Å². The van der Waals surface area contributed by atoms with E-state index in [0.29, 0.717) is 19.3 Å². The zero-order chi connectivity index (χ0) is 22.1. The van der Waals surface area contributed by atoms with Crippen LogP contribution in [0.5, 0.6) is 0 Å². The molecular formula is C24H42O5S. The lowest BCUT2D eigenvalue weighted by atomic mass is 10.0. The molecule has 0 saturated heterocycles. The van der Waals surface area contributed by atoms with Crippen LogP contribution in [0, 0.1) is 0 Å². The second kappa shape index (κ2) is 16.7. The van der Waals surface area contributed by atoms with Gasteiger partial charge in [0.25, 0.3) is 10.1 Å². The van der Waals surface area contributed by atoms with Crippen molar-refractivity contribution in [3.05, 3.63) is 30.3 Å². The monoisotopic (exact) mass is 442 g/mol.